The van der Waals surface area contributed by atoms with Gasteiger partial charge in [-0.25, -0.2) is 9.97 Å². The number of nitrogens with zero attached hydrogens (tertiary/aromatic N) is 5. The van der Waals surface area contributed by atoms with Gasteiger partial charge in [-0.05, 0) is 19.4 Å². The second kappa shape index (κ2) is 7.01. The molecule has 8 heteroatoms. The molecule has 2 rings (SSSR count). The lowest BCUT2D eigenvalue weighted by atomic mass is 10.4. The number of nitrogens with two attached hydrogens (primary N) is 1. The van der Waals surface area contributed by atoms with Crippen LogP contribution >= 0.6 is 23.4 Å². The standard InChI is InChI=1S/C12H17ClN6S/c1-3-4-19-11(6-14)17-18-12(19)20-7-10-15-8(2)5-9(13)16-10/h5H,3-4,6-7,14H2,1-2H3. The molecule has 0 fully saturated rings. The number of aryl methyl sites for hydroxylation is 1. The lowest BCUT2D eigenvalue weighted by molar-refractivity contribution is 0.592. The van der Waals surface area contributed by atoms with Crippen molar-refractivity contribution in [3.8, 4) is 0 Å². The molecule has 0 aliphatic heterocycles. The van der Waals surface area contributed by atoms with Crippen molar-refractivity contribution >= 4 is 23.4 Å². The van der Waals surface area contributed by atoms with Gasteiger partial charge >= 0.3 is 0 Å². The molecule has 2 aromatic rings. The first kappa shape index (κ1) is 15.2. The molecule has 0 saturated carbocycles. The number of aromatic nitrogens is 5. The molecule has 0 aliphatic carbocycles. The van der Waals surface area contributed by atoms with Crippen molar-refractivity contribution < 1.29 is 0 Å². The first-order valence-corrected chi connectivity index (χ1v) is 7.75. The maximum Gasteiger partial charge on any atom is 0.191 e. The van der Waals surface area contributed by atoms with Gasteiger partial charge in [0.15, 0.2) is 5.16 Å². The zero-order valence-electron chi connectivity index (χ0n) is 11.5. The molecule has 0 atom stereocenters. The van der Waals surface area contributed by atoms with Crippen LogP contribution in [0.3, 0.4) is 0 Å². The minimum atomic E-state index is 0.389. The van der Waals surface area contributed by atoms with Gasteiger partial charge in [-0.15, -0.1) is 10.2 Å². The second-order valence-electron chi connectivity index (χ2n) is 4.29. The number of hydrogen-bond donors (Lipinski definition) is 1. The summed E-state index contributed by atoms with van der Waals surface area (Å²) in [7, 11) is 0. The van der Waals surface area contributed by atoms with E-state index in [2.05, 4.69) is 27.1 Å². The minimum absolute atomic E-state index is 0.389. The van der Waals surface area contributed by atoms with E-state index < -0.39 is 0 Å². The maximum atomic E-state index is 5.93. The molecule has 2 N–H and O–H groups in total. The fraction of sp³-hybridized carbons (Fsp3) is 0.500. The van der Waals surface area contributed by atoms with Crippen molar-refractivity contribution in [2.45, 2.75) is 44.3 Å². The van der Waals surface area contributed by atoms with Crippen LogP contribution in [0.2, 0.25) is 5.15 Å². The molecule has 0 unspecified atom stereocenters. The average molecular weight is 313 g/mol. The Morgan fingerprint density at radius 3 is 2.80 bits per heavy atom. The summed E-state index contributed by atoms with van der Waals surface area (Å²) in [6.07, 6.45) is 1.01. The third kappa shape index (κ3) is 3.68. The average Bonchev–Trinajstić information content (AvgIpc) is 2.78. The van der Waals surface area contributed by atoms with E-state index in [0.717, 1.165) is 29.6 Å². The quantitative estimate of drug-likeness (QED) is 0.650. The van der Waals surface area contributed by atoms with Gasteiger partial charge in [-0.1, -0.05) is 30.3 Å². The van der Waals surface area contributed by atoms with Crippen LogP contribution in [0.4, 0.5) is 0 Å². The van der Waals surface area contributed by atoms with E-state index in [0.29, 0.717) is 23.3 Å². The molecule has 2 heterocycles. The Labute approximate surface area is 127 Å². The molecular weight excluding hydrogens is 296 g/mol. The summed E-state index contributed by atoms with van der Waals surface area (Å²) in [5.74, 6) is 2.10. The zero-order valence-corrected chi connectivity index (χ0v) is 13.1. The van der Waals surface area contributed by atoms with Crippen LogP contribution in [0.5, 0.6) is 0 Å². The fourth-order valence-corrected chi connectivity index (χ4v) is 2.90. The van der Waals surface area contributed by atoms with E-state index in [4.69, 9.17) is 17.3 Å². The highest BCUT2D eigenvalue weighted by Crippen LogP contribution is 2.21. The molecule has 0 amide bonds. The van der Waals surface area contributed by atoms with Crippen molar-refractivity contribution in [2.24, 2.45) is 5.73 Å². The highest BCUT2D eigenvalue weighted by Gasteiger charge is 2.12. The normalized spacial score (nSPS) is 11.0. The number of rotatable bonds is 6. The predicted molar refractivity (Wildman–Crippen MR) is 79.5 cm³/mol. The zero-order chi connectivity index (χ0) is 14.5. The predicted octanol–water partition coefficient (Wildman–Crippen LogP) is 2.19. The second-order valence-corrected chi connectivity index (χ2v) is 5.62. The van der Waals surface area contributed by atoms with Gasteiger partial charge in [0.05, 0.1) is 12.3 Å². The Morgan fingerprint density at radius 2 is 2.15 bits per heavy atom. The van der Waals surface area contributed by atoms with Crippen LogP contribution in [0.15, 0.2) is 11.2 Å². The van der Waals surface area contributed by atoms with E-state index in [1.54, 1.807) is 17.8 Å². The molecule has 20 heavy (non-hydrogen) atoms. The largest absolute Gasteiger partial charge is 0.324 e. The van der Waals surface area contributed by atoms with Crippen molar-refractivity contribution in [2.75, 3.05) is 0 Å². The van der Waals surface area contributed by atoms with Crippen molar-refractivity contribution in [1.82, 2.24) is 24.7 Å². The van der Waals surface area contributed by atoms with Crippen molar-refractivity contribution in [3.05, 3.63) is 28.6 Å². The van der Waals surface area contributed by atoms with E-state index in [9.17, 15) is 0 Å². The molecule has 0 saturated heterocycles. The van der Waals surface area contributed by atoms with E-state index >= 15 is 0 Å². The highest BCUT2D eigenvalue weighted by atomic mass is 35.5. The van der Waals surface area contributed by atoms with Crippen LogP contribution in [0.1, 0.15) is 30.7 Å². The maximum absolute atomic E-state index is 5.93. The summed E-state index contributed by atoms with van der Waals surface area (Å²) in [6.45, 7) is 5.25. The molecule has 0 aliphatic rings. The van der Waals surface area contributed by atoms with Gasteiger partial charge in [0.25, 0.3) is 0 Å². The summed E-state index contributed by atoms with van der Waals surface area (Å²) in [4.78, 5) is 8.56. The van der Waals surface area contributed by atoms with Crippen molar-refractivity contribution in [1.29, 1.82) is 0 Å². The van der Waals surface area contributed by atoms with Gasteiger partial charge < -0.3 is 10.3 Å². The Bertz CT molecular complexity index is 565. The molecule has 2 aromatic heterocycles. The summed E-state index contributed by atoms with van der Waals surface area (Å²) in [5.41, 5.74) is 6.53. The fourth-order valence-electron chi connectivity index (χ4n) is 1.81. The van der Waals surface area contributed by atoms with E-state index in [-0.39, 0.29) is 0 Å². The van der Waals surface area contributed by atoms with Gasteiger partial charge in [0, 0.05) is 12.2 Å². The molecule has 108 valence electrons. The van der Waals surface area contributed by atoms with Gasteiger partial charge in [-0.2, -0.15) is 0 Å². The monoisotopic (exact) mass is 312 g/mol. The minimum Gasteiger partial charge on any atom is -0.324 e. The molecule has 0 aromatic carbocycles. The van der Waals surface area contributed by atoms with E-state index in [1.165, 1.54) is 0 Å². The SMILES string of the molecule is CCCn1c(CN)nnc1SCc1nc(C)cc(Cl)n1. The topological polar surface area (TPSA) is 82.5 Å². The Balaban J connectivity index is 2.12. The van der Waals surface area contributed by atoms with Crippen molar-refractivity contribution in [3.63, 3.8) is 0 Å². The molecule has 6 nitrogen and oxygen atoms in total. The van der Waals surface area contributed by atoms with E-state index in [1.807, 2.05) is 11.5 Å². The number of halogens is 1. The Kier molecular flexibility index (Phi) is 5.33. The van der Waals surface area contributed by atoms with Crippen LogP contribution in [0, 0.1) is 6.92 Å². The van der Waals surface area contributed by atoms with Crippen LogP contribution in [-0.2, 0) is 18.8 Å². The summed E-state index contributed by atoms with van der Waals surface area (Å²) < 4.78 is 2.04. The van der Waals surface area contributed by atoms with Crippen LogP contribution < -0.4 is 5.73 Å². The number of thioether (sulfide) groups is 1. The highest BCUT2D eigenvalue weighted by molar-refractivity contribution is 7.98. The molecule has 0 bridgehead atoms. The van der Waals surface area contributed by atoms with Crippen LogP contribution in [0.25, 0.3) is 0 Å². The third-order valence-corrected chi connectivity index (χ3v) is 3.78. The molecule has 0 spiro atoms. The van der Waals surface area contributed by atoms with Gasteiger partial charge in [0.2, 0.25) is 0 Å². The van der Waals surface area contributed by atoms with Crippen LogP contribution in [-0.4, -0.2) is 24.7 Å². The summed E-state index contributed by atoms with van der Waals surface area (Å²) in [6, 6.07) is 1.74. The van der Waals surface area contributed by atoms with Gasteiger partial charge in [0.1, 0.15) is 16.8 Å². The smallest absolute Gasteiger partial charge is 0.191 e. The third-order valence-electron chi connectivity index (χ3n) is 2.62. The molecular formula is C12H17ClN6S. The molecule has 0 radical (unpaired) electrons. The summed E-state index contributed by atoms with van der Waals surface area (Å²) in [5, 5.41) is 9.58. The lowest BCUT2D eigenvalue weighted by Gasteiger charge is -2.07. The first-order chi connectivity index (χ1) is 9.63. The Morgan fingerprint density at radius 1 is 1.35 bits per heavy atom. The van der Waals surface area contributed by atoms with Gasteiger partial charge in [-0.3, -0.25) is 0 Å². The Hall–Kier alpha value is -1.18. The number of hydrogen-bond acceptors (Lipinski definition) is 6. The lowest BCUT2D eigenvalue weighted by Crippen LogP contribution is -2.09. The summed E-state index contributed by atoms with van der Waals surface area (Å²) >= 11 is 7.47. The first-order valence-electron chi connectivity index (χ1n) is 6.39.